The van der Waals surface area contributed by atoms with E-state index in [0.717, 1.165) is 5.56 Å². The molecular formula is C28H28N4O6S. The van der Waals surface area contributed by atoms with Gasteiger partial charge in [0.25, 0.3) is 5.91 Å². The fraction of sp³-hybridized carbons (Fsp3) is 0.214. The highest BCUT2D eigenvalue weighted by atomic mass is 32.2. The van der Waals surface area contributed by atoms with Crippen molar-refractivity contribution in [1.29, 1.82) is 0 Å². The van der Waals surface area contributed by atoms with Crippen molar-refractivity contribution in [2.75, 3.05) is 0 Å². The number of amides is 4. The van der Waals surface area contributed by atoms with Crippen molar-refractivity contribution in [2.45, 2.75) is 36.6 Å². The fourth-order valence-electron chi connectivity index (χ4n) is 4.34. The molecular weight excluding hydrogens is 520 g/mol. The van der Waals surface area contributed by atoms with E-state index in [1.165, 1.54) is 0 Å². The second kappa shape index (κ2) is 11.9. The Labute approximate surface area is 226 Å². The first-order valence-corrected chi connectivity index (χ1v) is 13.8. The molecule has 1 saturated heterocycles. The largest absolute Gasteiger partial charge is 0.368 e. The van der Waals surface area contributed by atoms with Gasteiger partial charge in [0.2, 0.25) is 27.7 Å². The van der Waals surface area contributed by atoms with Crippen LogP contribution < -0.4 is 21.1 Å². The second-order valence-electron chi connectivity index (χ2n) is 9.25. The van der Waals surface area contributed by atoms with Gasteiger partial charge in [0.1, 0.15) is 17.3 Å². The van der Waals surface area contributed by atoms with E-state index in [1.807, 2.05) is 35.1 Å². The summed E-state index contributed by atoms with van der Waals surface area (Å²) in [5, 5.41) is 4.41. The van der Waals surface area contributed by atoms with Crippen molar-refractivity contribution in [1.82, 2.24) is 15.4 Å². The zero-order valence-electron chi connectivity index (χ0n) is 20.9. The van der Waals surface area contributed by atoms with Crippen molar-refractivity contribution >= 4 is 33.7 Å². The van der Waals surface area contributed by atoms with Gasteiger partial charge in [-0.05, 0) is 28.8 Å². The van der Waals surface area contributed by atoms with Crippen molar-refractivity contribution in [3.05, 3.63) is 107 Å². The highest BCUT2D eigenvalue weighted by Gasteiger charge is 2.37. The zero-order chi connectivity index (χ0) is 28.0. The molecule has 3 atom stereocenters. The summed E-state index contributed by atoms with van der Waals surface area (Å²) in [7, 11) is -3.79. The van der Waals surface area contributed by atoms with Crippen LogP contribution in [0.2, 0.25) is 0 Å². The number of nitrogens with two attached hydrogens (primary N) is 1. The summed E-state index contributed by atoms with van der Waals surface area (Å²) in [5.74, 6) is -2.35. The molecule has 0 bridgehead atoms. The molecule has 3 aromatic carbocycles. The second-order valence-corrected chi connectivity index (χ2v) is 11.1. The first kappa shape index (κ1) is 27.5. The van der Waals surface area contributed by atoms with Gasteiger partial charge < -0.3 is 16.4 Å². The van der Waals surface area contributed by atoms with Crippen molar-refractivity contribution in [2.24, 2.45) is 5.73 Å². The van der Waals surface area contributed by atoms with Crippen LogP contribution in [0.25, 0.3) is 0 Å². The molecule has 11 heteroatoms. The maximum Gasteiger partial charge on any atom is 0.251 e. The molecule has 1 aliphatic rings. The maximum absolute atomic E-state index is 13.3. The van der Waals surface area contributed by atoms with Gasteiger partial charge in [-0.2, -0.15) is 0 Å². The molecule has 4 rings (SSSR count). The summed E-state index contributed by atoms with van der Waals surface area (Å²) in [4.78, 5) is 49.9. The van der Waals surface area contributed by atoms with Crippen molar-refractivity contribution in [3.8, 4) is 0 Å². The standard InChI is InChI=1S/C28H28N4O6S/c29-26(34)22(15-19-11-13-20(14-12-19)24-17-25(33)32-39(24,37)38)30-28(36)23(16-18-7-3-1-4-8-18)31-27(35)21-9-5-2-6-10-21/h1-14,22-24H,15-17H2,(H2,29,34)(H,30,36)(H,31,35)(H,32,33)/t22-,23-,24-/m0/s1. The average Bonchev–Trinajstić information content (AvgIpc) is 3.20. The lowest BCUT2D eigenvalue weighted by Gasteiger charge is -2.22. The van der Waals surface area contributed by atoms with E-state index in [-0.39, 0.29) is 19.3 Å². The van der Waals surface area contributed by atoms with E-state index >= 15 is 0 Å². The van der Waals surface area contributed by atoms with Crippen molar-refractivity contribution in [3.63, 3.8) is 0 Å². The molecule has 0 aliphatic carbocycles. The molecule has 0 unspecified atom stereocenters. The molecule has 1 fully saturated rings. The molecule has 1 heterocycles. The third-order valence-corrected chi connectivity index (χ3v) is 8.09. The van der Waals surface area contributed by atoms with Crippen LogP contribution in [-0.4, -0.2) is 44.1 Å². The Bertz CT molecular complexity index is 1460. The van der Waals surface area contributed by atoms with Gasteiger partial charge in [-0.25, -0.2) is 8.42 Å². The van der Waals surface area contributed by atoms with Crippen LogP contribution in [0.15, 0.2) is 84.9 Å². The van der Waals surface area contributed by atoms with Gasteiger partial charge in [-0.3, -0.25) is 23.9 Å². The molecule has 202 valence electrons. The Hall–Kier alpha value is -4.51. The van der Waals surface area contributed by atoms with E-state index in [4.69, 9.17) is 5.73 Å². The van der Waals surface area contributed by atoms with Crippen LogP contribution in [0.5, 0.6) is 0 Å². The minimum Gasteiger partial charge on any atom is -0.368 e. The topological polar surface area (TPSA) is 165 Å². The molecule has 3 aromatic rings. The number of nitrogens with one attached hydrogen (secondary N) is 3. The molecule has 0 radical (unpaired) electrons. The number of carbonyl (C=O) groups is 4. The fourth-order valence-corrected chi connectivity index (χ4v) is 5.77. The summed E-state index contributed by atoms with van der Waals surface area (Å²) in [6.45, 7) is 0. The molecule has 0 saturated carbocycles. The van der Waals surface area contributed by atoms with Gasteiger partial charge in [-0.15, -0.1) is 0 Å². The summed E-state index contributed by atoms with van der Waals surface area (Å²) in [6.07, 6.45) is 0.0633. The predicted octanol–water partition coefficient (Wildman–Crippen LogP) is 1.13. The highest BCUT2D eigenvalue weighted by Crippen LogP contribution is 2.30. The van der Waals surface area contributed by atoms with E-state index in [1.54, 1.807) is 54.6 Å². The van der Waals surface area contributed by atoms with Gasteiger partial charge in [-0.1, -0.05) is 72.8 Å². The van der Waals surface area contributed by atoms with Crippen LogP contribution in [0.4, 0.5) is 0 Å². The number of hydrogen-bond acceptors (Lipinski definition) is 6. The van der Waals surface area contributed by atoms with Gasteiger partial charge >= 0.3 is 0 Å². The summed E-state index contributed by atoms with van der Waals surface area (Å²) < 4.78 is 26.2. The predicted molar refractivity (Wildman–Crippen MR) is 144 cm³/mol. The van der Waals surface area contributed by atoms with E-state index < -0.39 is 51.0 Å². The average molecular weight is 549 g/mol. The highest BCUT2D eigenvalue weighted by molar-refractivity contribution is 7.90. The number of rotatable bonds is 10. The molecule has 1 aliphatic heterocycles. The molecule has 39 heavy (non-hydrogen) atoms. The Morgan fingerprint density at radius 2 is 1.38 bits per heavy atom. The van der Waals surface area contributed by atoms with Gasteiger partial charge in [0.15, 0.2) is 0 Å². The lowest BCUT2D eigenvalue weighted by atomic mass is 10.0. The summed E-state index contributed by atoms with van der Waals surface area (Å²) in [5.41, 5.74) is 7.84. The van der Waals surface area contributed by atoms with Crippen LogP contribution in [0.1, 0.15) is 38.7 Å². The van der Waals surface area contributed by atoms with Gasteiger partial charge in [0, 0.05) is 18.4 Å². The Morgan fingerprint density at radius 3 is 1.95 bits per heavy atom. The number of benzene rings is 3. The minimum absolute atomic E-state index is 0.0423. The third kappa shape index (κ3) is 7.08. The molecule has 0 aromatic heterocycles. The first-order chi connectivity index (χ1) is 18.6. The molecule has 0 spiro atoms. The SMILES string of the molecule is NC(=O)[C@H](Cc1ccc([C@@H]2CC(=O)NS2(=O)=O)cc1)NC(=O)[C@H](Cc1ccccc1)NC(=O)c1ccccc1. The molecule has 4 amide bonds. The third-order valence-electron chi connectivity index (χ3n) is 6.39. The number of primary amides is 1. The maximum atomic E-state index is 13.3. The normalized spacial score (nSPS) is 17.4. The first-order valence-electron chi connectivity index (χ1n) is 12.2. The monoisotopic (exact) mass is 548 g/mol. The zero-order valence-corrected chi connectivity index (χ0v) is 21.7. The van der Waals surface area contributed by atoms with Crippen molar-refractivity contribution < 1.29 is 27.6 Å². The lowest BCUT2D eigenvalue weighted by molar-refractivity contribution is -0.128. The minimum atomic E-state index is -3.79. The number of carbonyl (C=O) groups excluding carboxylic acids is 4. The molecule has 10 nitrogen and oxygen atoms in total. The smallest absolute Gasteiger partial charge is 0.251 e. The number of sulfonamides is 1. The van der Waals surface area contributed by atoms with Crippen LogP contribution in [-0.2, 0) is 37.2 Å². The Morgan fingerprint density at radius 1 is 0.821 bits per heavy atom. The van der Waals surface area contributed by atoms with E-state index in [9.17, 15) is 27.6 Å². The van der Waals surface area contributed by atoms with E-state index in [0.29, 0.717) is 16.7 Å². The number of hydrogen-bond donors (Lipinski definition) is 4. The Balaban J connectivity index is 1.48. The van der Waals surface area contributed by atoms with Crippen LogP contribution in [0, 0.1) is 0 Å². The Kier molecular flexibility index (Phi) is 8.40. The van der Waals surface area contributed by atoms with E-state index in [2.05, 4.69) is 10.6 Å². The van der Waals surface area contributed by atoms with Crippen LogP contribution in [0.3, 0.4) is 0 Å². The van der Waals surface area contributed by atoms with Crippen LogP contribution >= 0.6 is 0 Å². The summed E-state index contributed by atoms with van der Waals surface area (Å²) >= 11 is 0. The molecule has 5 N–H and O–H groups in total. The lowest BCUT2D eigenvalue weighted by Crippen LogP contribution is -2.54. The summed E-state index contributed by atoms with van der Waals surface area (Å²) in [6, 6.07) is 21.9. The quantitative estimate of drug-likeness (QED) is 0.297. The van der Waals surface area contributed by atoms with Gasteiger partial charge in [0.05, 0.1) is 6.42 Å².